The largest absolute Gasteiger partial charge is 0.448 e. The zero-order valence-electron chi connectivity index (χ0n) is 25.0. The number of amides is 2. The number of allylic oxidation sites excluding steroid dienone is 1. The average molecular weight is 662 g/mol. The van der Waals surface area contributed by atoms with Gasteiger partial charge in [0, 0.05) is 31.8 Å². The van der Waals surface area contributed by atoms with E-state index in [4.69, 9.17) is 20.0 Å². The number of β-lactam (4-membered cyclic amide) rings is 1. The number of aromatic nitrogens is 1. The van der Waals surface area contributed by atoms with Crippen molar-refractivity contribution in [2.45, 2.75) is 30.9 Å². The predicted octanol–water partition coefficient (Wildman–Crippen LogP) is 3.57. The number of benzene rings is 2. The van der Waals surface area contributed by atoms with Crippen LogP contribution in [0.2, 0.25) is 0 Å². The molecular weight excluding hydrogens is 631 g/mol. The van der Waals surface area contributed by atoms with Crippen molar-refractivity contribution >= 4 is 57.7 Å². The fraction of sp³-hybridized carbons (Fsp3) is 0.250. The molecule has 2 atom stereocenters. The van der Waals surface area contributed by atoms with Crippen LogP contribution >= 0.6 is 23.1 Å². The van der Waals surface area contributed by atoms with Crippen molar-refractivity contribution in [1.29, 1.82) is 0 Å². The Labute approximate surface area is 273 Å². The predicted molar refractivity (Wildman–Crippen MR) is 173 cm³/mol. The van der Waals surface area contributed by atoms with Crippen molar-refractivity contribution in [3.8, 4) is 0 Å². The van der Waals surface area contributed by atoms with Crippen LogP contribution < -0.4 is 11.1 Å². The van der Waals surface area contributed by atoms with Gasteiger partial charge in [-0.3, -0.25) is 14.5 Å². The number of oxime groups is 1. The highest BCUT2D eigenvalue weighted by Crippen LogP contribution is 2.42. The van der Waals surface area contributed by atoms with Crippen molar-refractivity contribution in [3.05, 3.63) is 106 Å². The molecule has 0 radical (unpaired) electrons. The van der Waals surface area contributed by atoms with Crippen LogP contribution in [0, 0.1) is 0 Å². The Hall–Kier alpha value is -4.79. The van der Waals surface area contributed by atoms with Crippen LogP contribution in [0.3, 0.4) is 0 Å². The number of nitrogens with two attached hydrogens (primary N) is 1. The molecule has 0 saturated carbocycles. The van der Waals surface area contributed by atoms with Gasteiger partial charge in [0.25, 0.3) is 11.8 Å². The molecule has 46 heavy (non-hydrogen) atoms. The molecule has 14 heteroatoms. The average Bonchev–Trinajstić information content (AvgIpc) is 3.50. The van der Waals surface area contributed by atoms with Crippen LogP contribution in [-0.2, 0) is 33.5 Å². The standard InChI is InChI=1S/C32H31N5O7S2/c1-19(38)44-36-24(23-18-46-32(33)34-23)28(39)35-25-29(40)37-26(22(17-45-30(25)37)15-9-10-16-42-2)31(41)43-27(20-11-5-3-6-12-20)21-13-7-4-8-14-21/h3-9,11-15,18,25,27,30H,10,16-17H2,1-2H3,(H2,33,34)(H,35,39)/b15-9+,36-24?/t25-,30-/m1/s1. The van der Waals surface area contributed by atoms with Gasteiger partial charge in [-0.2, -0.15) is 0 Å². The summed E-state index contributed by atoms with van der Waals surface area (Å²) in [5.41, 5.74) is 7.74. The molecule has 3 heterocycles. The van der Waals surface area contributed by atoms with Crippen LogP contribution in [0.1, 0.15) is 36.3 Å². The van der Waals surface area contributed by atoms with E-state index in [2.05, 4.69) is 15.5 Å². The number of ether oxygens (including phenoxy) is 2. The van der Waals surface area contributed by atoms with Gasteiger partial charge in [0.1, 0.15) is 22.8 Å². The summed E-state index contributed by atoms with van der Waals surface area (Å²) in [6.45, 7) is 1.62. The summed E-state index contributed by atoms with van der Waals surface area (Å²) >= 11 is 2.46. The first-order valence-electron chi connectivity index (χ1n) is 14.2. The van der Waals surface area contributed by atoms with E-state index in [-0.39, 0.29) is 22.2 Å². The van der Waals surface area contributed by atoms with E-state index in [0.717, 1.165) is 29.4 Å². The molecule has 3 N–H and O–H groups in total. The Balaban J connectivity index is 1.42. The number of thioether (sulfide) groups is 1. The van der Waals surface area contributed by atoms with Gasteiger partial charge >= 0.3 is 11.9 Å². The van der Waals surface area contributed by atoms with E-state index >= 15 is 0 Å². The molecular formula is C32H31N5O7S2. The quantitative estimate of drug-likeness (QED) is 0.0733. The van der Waals surface area contributed by atoms with E-state index in [9.17, 15) is 19.2 Å². The van der Waals surface area contributed by atoms with Crippen molar-refractivity contribution in [2.24, 2.45) is 5.16 Å². The van der Waals surface area contributed by atoms with Gasteiger partial charge in [0.2, 0.25) is 0 Å². The van der Waals surface area contributed by atoms with Crippen LogP contribution in [-0.4, -0.2) is 70.2 Å². The Bertz CT molecular complexity index is 1650. The van der Waals surface area contributed by atoms with Gasteiger partial charge in [-0.1, -0.05) is 78.0 Å². The number of thiazole rings is 1. The zero-order valence-corrected chi connectivity index (χ0v) is 26.6. The summed E-state index contributed by atoms with van der Waals surface area (Å²) in [4.78, 5) is 62.6. The summed E-state index contributed by atoms with van der Waals surface area (Å²) in [5, 5.41) is 7.36. The van der Waals surface area contributed by atoms with Crippen molar-refractivity contribution in [2.75, 3.05) is 25.2 Å². The molecule has 1 fully saturated rings. The second kappa shape index (κ2) is 15.0. The number of fused-ring (bicyclic) bond motifs is 1. The smallest absolute Gasteiger partial charge is 0.356 e. The summed E-state index contributed by atoms with van der Waals surface area (Å²) in [6.07, 6.45) is 3.55. The van der Waals surface area contributed by atoms with E-state index in [1.54, 1.807) is 13.2 Å². The first kappa shape index (κ1) is 32.6. The third-order valence-corrected chi connectivity index (χ3v) is 8.94. The number of nitrogen functional groups attached to an aromatic ring is 1. The monoisotopic (exact) mass is 661 g/mol. The highest BCUT2D eigenvalue weighted by Gasteiger charge is 2.54. The van der Waals surface area contributed by atoms with E-state index in [0.29, 0.717) is 24.4 Å². The number of methoxy groups -OCH3 is 1. The molecule has 0 unspecified atom stereocenters. The number of hydrogen-bond donors (Lipinski definition) is 2. The second-order valence-corrected chi connectivity index (χ2v) is 12.1. The van der Waals surface area contributed by atoms with Crippen molar-refractivity contribution in [1.82, 2.24) is 15.2 Å². The minimum absolute atomic E-state index is 0.0849. The molecule has 0 aliphatic carbocycles. The Kier molecular flexibility index (Phi) is 10.6. The number of nitrogens with zero attached hydrogens (tertiary/aromatic N) is 3. The van der Waals surface area contributed by atoms with Crippen LogP contribution in [0.25, 0.3) is 0 Å². The van der Waals surface area contributed by atoms with Gasteiger partial charge in [-0.25, -0.2) is 14.6 Å². The second-order valence-electron chi connectivity index (χ2n) is 10.1. The summed E-state index contributed by atoms with van der Waals surface area (Å²) in [6, 6.07) is 17.7. The third kappa shape index (κ3) is 7.36. The molecule has 1 saturated heterocycles. The van der Waals surface area contributed by atoms with Crippen LogP contribution in [0.5, 0.6) is 0 Å². The Morgan fingerprint density at radius 1 is 1.13 bits per heavy atom. The highest BCUT2D eigenvalue weighted by molar-refractivity contribution is 8.00. The topological polar surface area (TPSA) is 163 Å². The molecule has 2 aliphatic rings. The minimum atomic E-state index is -1.00. The maximum atomic E-state index is 14.0. The molecule has 3 aromatic rings. The summed E-state index contributed by atoms with van der Waals surface area (Å²) in [7, 11) is 1.60. The SMILES string of the molecule is COCC/C=C/C1=C(C(=O)OC(c2ccccc2)c2ccccc2)N2C(=O)[C@@H](NC(=O)C(=NOC(C)=O)c3csc(N)n3)[C@H]2SC1. The Morgan fingerprint density at radius 2 is 1.80 bits per heavy atom. The zero-order chi connectivity index (χ0) is 32.6. The number of nitrogens with one attached hydrogen (secondary N) is 1. The highest BCUT2D eigenvalue weighted by atomic mass is 32.2. The molecule has 2 aliphatic heterocycles. The number of anilines is 1. The lowest BCUT2D eigenvalue weighted by Crippen LogP contribution is -2.71. The van der Waals surface area contributed by atoms with Gasteiger partial charge in [0.05, 0.1) is 0 Å². The first-order chi connectivity index (χ1) is 22.3. The maximum Gasteiger partial charge on any atom is 0.356 e. The number of hydrogen-bond acceptors (Lipinski definition) is 12. The number of carbonyl (C=O) groups excluding carboxylic acids is 4. The molecule has 0 bridgehead atoms. The van der Waals surface area contributed by atoms with E-state index in [1.807, 2.05) is 66.7 Å². The van der Waals surface area contributed by atoms with Gasteiger partial charge in [0.15, 0.2) is 16.9 Å². The molecule has 238 valence electrons. The lowest BCUT2D eigenvalue weighted by atomic mass is 10.00. The van der Waals surface area contributed by atoms with Crippen LogP contribution in [0.15, 0.2) is 94.6 Å². The van der Waals surface area contributed by atoms with Crippen molar-refractivity contribution in [3.63, 3.8) is 0 Å². The molecule has 2 aromatic carbocycles. The molecule has 1 aromatic heterocycles. The maximum absolute atomic E-state index is 14.0. The summed E-state index contributed by atoms with van der Waals surface area (Å²) in [5.74, 6) is -2.36. The first-order valence-corrected chi connectivity index (χ1v) is 16.1. The minimum Gasteiger partial charge on any atom is -0.448 e. The Morgan fingerprint density at radius 3 is 2.39 bits per heavy atom. The van der Waals surface area contributed by atoms with Gasteiger partial charge in [-0.05, 0) is 23.1 Å². The fourth-order valence-corrected chi connectivity index (χ4v) is 6.71. The molecule has 5 rings (SSSR count). The van der Waals surface area contributed by atoms with Gasteiger partial charge in [-0.15, -0.1) is 23.1 Å². The number of rotatable bonds is 12. The molecule has 2 amide bonds. The third-order valence-electron chi connectivity index (χ3n) is 6.96. The normalized spacial score (nSPS) is 17.9. The van der Waals surface area contributed by atoms with E-state index in [1.165, 1.54) is 22.0 Å². The molecule has 0 spiro atoms. The lowest BCUT2D eigenvalue weighted by Gasteiger charge is -2.49. The number of carbonyl (C=O) groups is 4. The van der Waals surface area contributed by atoms with Crippen LogP contribution in [0.4, 0.5) is 5.13 Å². The number of esters is 1. The fourth-order valence-electron chi connectivity index (χ4n) is 4.84. The van der Waals surface area contributed by atoms with Crippen molar-refractivity contribution < 1.29 is 33.5 Å². The van der Waals surface area contributed by atoms with Gasteiger partial charge < -0.3 is 25.4 Å². The summed E-state index contributed by atoms with van der Waals surface area (Å²) < 4.78 is 11.3. The lowest BCUT2D eigenvalue weighted by molar-refractivity contribution is -0.154. The molecule has 12 nitrogen and oxygen atoms in total. The van der Waals surface area contributed by atoms with E-state index < -0.39 is 41.3 Å².